The predicted molar refractivity (Wildman–Crippen MR) is 101 cm³/mol. The minimum Gasteiger partial charge on any atom is -0.452 e. The molecule has 1 fully saturated rings. The lowest BCUT2D eigenvalue weighted by Crippen LogP contribution is -2.42. The Bertz CT molecular complexity index is 863. The number of aromatic nitrogens is 1. The van der Waals surface area contributed by atoms with Crippen molar-refractivity contribution in [3.8, 4) is 11.3 Å². The van der Waals surface area contributed by atoms with Gasteiger partial charge in [-0.05, 0) is 37.8 Å². The van der Waals surface area contributed by atoms with Crippen LogP contribution in [0.4, 0.5) is 4.39 Å². The van der Waals surface area contributed by atoms with Crippen LogP contribution in [0.3, 0.4) is 0 Å². The fourth-order valence-corrected chi connectivity index (χ4v) is 3.74. The van der Waals surface area contributed by atoms with E-state index in [0.29, 0.717) is 5.92 Å². The van der Waals surface area contributed by atoms with E-state index < -0.39 is 18.4 Å². The number of nitrogens with one attached hydrogen (secondary N) is 1. The standard InChI is InChI=1S/C20H22ClFN2O4/c1-11-6-3-4-9-15(11)23-16(25)10-27-20(26)17-12(2)28-24-19(17)18-13(21)7-5-8-14(18)22/h5,7-8,11,15H,3-4,6,9-10H2,1-2H3,(H,23,25)/t11-,15+/m0/s1. The number of nitrogens with zero attached hydrogens (tertiary/aromatic N) is 1. The van der Waals surface area contributed by atoms with E-state index in [9.17, 15) is 14.0 Å². The van der Waals surface area contributed by atoms with Crippen LogP contribution in [-0.2, 0) is 9.53 Å². The largest absolute Gasteiger partial charge is 0.452 e. The second-order valence-corrected chi connectivity index (χ2v) is 7.48. The summed E-state index contributed by atoms with van der Waals surface area (Å²) in [5, 5.41) is 6.76. The maximum Gasteiger partial charge on any atom is 0.344 e. The van der Waals surface area contributed by atoms with Crippen LogP contribution in [0.1, 0.15) is 48.7 Å². The van der Waals surface area contributed by atoms with E-state index in [0.717, 1.165) is 25.7 Å². The van der Waals surface area contributed by atoms with Gasteiger partial charge < -0.3 is 14.6 Å². The molecule has 1 heterocycles. The highest BCUT2D eigenvalue weighted by Crippen LogP contribution is 2.33. The fourth-order valence-electron chi connectivity index (χ4n) is 3.49. The van der Waals surface area contributed by atoms with Crippen molar-refractivity contribution in [2.45, 2.75) is 45.6 Å². The predicted octanol–water partition coefficient (Wildman–Crippen LogP) is 4.29. The molecule has 1 aromatic carbocycles. The molecule has 0 bridgehead atoms. The SMILES string of the molecule is Cc1onc(-c2c(F)cccc2Cl)c1C(=O)OCC(=O)N[C@@H]1CCCC[C@@H]1C. The highest BCUT2D eigenvalue weighted by molar-refractivity contribution is 6.33. The van der Waals surface area contributed by atoms with Crippen molar-refractivity contribution < 1.29 is 23.2 Å². The Labute approximate surface area is 167 Å². The number of amides is 1. The summed E-state index contributed by atoms with van der Waals surface area (Å²) in [6.07, 6.45) is 4.22. The average molecular weight is 409 g/mol. The molecule has 150 valence electrons. The monoisotopic (exact) mass is 408 g/mol. The third-order valence-corrected chi connectivity index (χ3v) is 5.37. The summed E-state index contributed by atoms with van der Waals surface area (Å²) in [5.41, 5.74) is -0.147. The summed E-state index contributed by atoms with van der Waals surface area (Å²) in [6, 6.07) is 4.23. The number of esters is 1. The number of hydrogen-bond donors (Lipinski definition) is 1. The van der Waals surface area contributed by atoms with Crippen LogP contribution in [0.2, 0.25) is 5.02 Å². The smallest absolute Gasteiger partial charge is 0.344 e. The summed E-state index contributed by atoms with van der Waals surface area (Å²) in [5.74, 6) is -1.28. The zero-order valence-corrected chi connectivity index (χ0v) is 16.5. The van der Waals surface area contributed by atoms with E-state index in [-0.39, 0.29) is 39.6 Å². The molecule has 0 aliphatic heterocycles. The first-order valence-corrected chi connectivity index (χ1v) is 9.63. The van der Waals surface area contributed by atoms with Crippen molar-refractivity contribution in [1.82, 2.24) is 10.5 Å². The molecule has 1 aromatic heterocycles. The molecule has 8 heteroatoms. The van der Waals surface area contributed by atoms with Gasteiger partial charge in [-0.2, -0.15) is 0 Å². The molecule has 1 aliphatic carbocycles. The first kappa shape index (κ1) is 20.3. The van der Waals surface area contributed by atoms with Crippen LogP contribution in [0.25, 0.3) is 11.3 Å². The van der Waals surface area contributed by atoms with Crippen LogP contribution in [0, 0.1) is 18.7 Å². The minimum absolute atomic E-state index is 0.0477. The molecule has 0 saturated heterocycles. The van der Waals surface area contributed by atoms with Gasteiger partial charge in [0.15, 0.2) is 6.61 Å². The van der Waals surface area contributed by atoms with Gasteiger partial charge in [0.05, 0.1) is 10.6 Å². The number of carbonyl (C=O) groups is 2. The molecule has 1 amide bonds. The van der Waals surface area contributed by atoms with Gasteiger partial charge in [-0.15, -0.1) is 0 Å². The quantitative estimate of drug-likeness (QED) is 0.746. The van der Waals surface area contributed by atoms with Crippen LogP contribution in [-0.4, -0.2) is 29.7 Å². The van der Waals surface area contributed by atoms with Crippen molar-refractivity contribution in [3.05, 3.63) is 40.4 Å². The molecule has 3 rings (SSSR count). The van der Waals surface area contributed by atoms with E-state index in [1.807, 2.05) is 0 Å². The van der Waals surface area contributed by atoms with Crippen molar-refractivity contribution in [1.29, 1.82) is 0 Å². The van der Waals surface area contributed by atoms with Gasteiger partial charge in [0.2, 0.25) is 0 Å². The van der Waals surface area contributed by atoms with E-state index in [1.54, 1.807) is 0 Å². The minimum atomic E-state index is -0.820. The number of benzene rings is 1. The summed E-state index contributed by atoms with van der Waals surface area (Å²) in [7, 11) is 0. The number of rotatable bonds is 5. The molecule has 0 unspecified atom stereocenters. The van der Waals surface area contributed by atoms with Gasteiger partial charge in [0.25, 0.3) is 5.91 Å². The Morgan fingerprint density at radius 2 is 2.11 bits per heavy atom. The lowest BCUT2D eigenvalue weighted by molar-refractivity contribution is -0.125. The van der Waals surface area contributed by atoms with Crippen LogP contribution >= 0.6 is 11.6 Å². The van der Waals surface area contributed by atoms with E-state index in [4.69, 9.17) is 20.9 Å². The molecule has 1 saturated carbocycles. The summed E-state index contributed by atoms with van der Waals surface area (Å²) < 4.78 is 24.4. The molecule has 0 radical (unpaired) electrons. The molecule has 28 heavy (non-hydrogen) atoms. The third kappa shape index (κ3) is 4.35. The Kier molecular flexibility index (Phi) is 6.34. The summed E-state index contributed by atoms with van der Waals surface area (Å²) in [4.78, 5) is 24.7. The average Bonchev–Trinajstić information content (AvgIpc) is 3.03. The third-order valence-electron chi connectivity index (χ3n) is 5.06. The van der Waals surface area contributed by atoms with Crippen molar-refractivity contribution >= 4 is 23.5 Å². The van der Waals surface area contributed by atoms with Gasteiger partial charge in [0.1, 0.15) is 22.8 Å². The molecule has 6 nitrogen and oxygen atoms in total. The Balaban J connectivity index is 1.70. The topological polar surface area (TPSA) is 81.4 Å². The van der Waals surface area contributed by atoms with E-state index in [1.165, 1.54) is 25.1 Å². The second kappa shape index (κ2) is 8.73. The van der Waals surface area contributed by atoms with Gasteiger partial charge in [-0.25, -0.2) is 9.18 Å². The first-order chi connectivity index (χ1) is 13.4. The van der Waals surface area contributed by atoms with Crippen LogP contribution in [0.15, 0.2) is 22.7 Å². The molecule has 0 spiro atoms. The summed E-state index contributed by atoms with van der Waals surface area (Å²) in [6.45, 7) is 3.17. The van der Waals surface area contributed by atoms with E-state index >= 15 is 0 Å². The van der Waals surface area contributed by atoms with Crippen LogP contribution < -0.4 is 5.32 Å². The zero-order valence-electron chi connectivity index (χ0n) is 15.8. The number of halogens is 2. The molecular weight excluding hydrogens is 387 g/mol. The lowest BCUT2D eigenvalue weighted by Gasteiger charge is -2.29. The summed E-state index contributed by atoms with van der Waals surface area (Å²) >= 11 is 6.06. The van der Waals surface area contributed by atoms with Gasteiger partial charge >= 0.3 is 5.97 Å². The Morgan fingerprint density at radius 1 is 1.36 bits per heavy atom. The van der Waals surface area contributed by atoms with Crippen molar-refractivity contribution in [3.63, 3.8) is 0 Å². The second-order valence-electron chi connectivity index (χ2n) is 7.07. The normalized spacial score (nSPS) is 19.3. The maximum absolute atomic E-state index is 14.2. The highest BCUT2D eigenvalue weighted by Gasteiger charge is 2.28. The first-order valence-electron chi connectivity index (χ1n) is 9.25. The Morgan fingerprint density at radius 3 is 2.82 bits per heavy atom. The number of hydrogen-bond acceptors (Lipinski definition) is 5. The van der Waals surface area contributed by atoms with E-state index in [2.05, 4.69) is 17.4 Å². The molecule has 1 N–H and O–H groups in total. The molecule has 2 atom stereocenters. The molecule has 1 aliphatic rings. The van der Waals surface area contributed by atoms with Gasteiger partial charge in [-0.1, -0.05) is 42.6 Å². The number of aryl methyl sites for hydroxylation is 1. The van der Waals surface area contributed by atoms with Crippen LogP contribution in [0.5, 0.6) is 0 Å². The fraction of sp³-hybridized carbons (Fsp3) is 0.450. The molecule has 2 aromatic rings. The van der Waals surface area contributed by atoms with Gasteiger partial charge in [-0.3, -0.25) is 4.79 Å². The maximum atomic E-state index is 14.2. The number of ether oxygens (including phenoxy) is 1. The zero-order chi connectivity index (χ0) is 20.3. The molecular formula is C20H22ClFN2O4. The van der Waals surface area contributed by atoms with Gasteiger partial charge in [0, 0.05) is 6.04 Å². The Hall–Kier alpha value is -2.41. The van der Waals surface area contributed by atoms with Crippen molar-refractivity contribution in [2.24, 2.45) is 5.92 Å². The lowest BCUT2D eigenvalue weighted by atomic mass is 9.86. The van der Waals surface area contributed by atoms with Crippen molar-refractivity contribution in [2.75, 3.05) is 6.61 Å². The highest BCUT2D eigenvalue weighted by atomic mass is 35.5. The number of carbonyl (C=O) groups excluding carboxylic acids is 2.